The Morgan fingerprint density at radius 1 is 1.43 bits per heavy atom. The summed E-state index contributed by atoms with van der Waals surface area (Å²) in [6, 6.07) is 0.446. The molecule has 3 heterocycles. The summed E-state index contributed by atoms with van der Waals surface area (Å²) >= 11 is 1.70. The molecule has 0 radical (unpaired) electrons. The summed E-state index contributed by atoms with van der Waals surface area (Å²) in [6.45, 7) is 10.1. The van der Waals surface area contributed by atoms with Crippen molar-refractivity contribution in [2.45, 2.75) is 39.3 Å². The van der Waals surface area contributed by atoms with Crippen LogP contribution in [0.5, 0.6) is 0 Å². The number of aromatic nitrogens is 3. The average Bonchev–Trinajstić information content (AvgIpc) is 3.09. The van der Waals surface area contributed by atoms with Crippen LogP contribution in [0.3, 0.4) is 0 Å². The van der Waals surface area contributed by atoms with Gasteiger partial charge in [0.1, 0.15) is 0 Å². The van der Waals surface area contributed by atoms with Gasteiger partial charge < -0.3 is 9.42 Å². The lowest BCUT2D eigenvalue weighted by atomic mass is 10.2. The fraction of sp³-hybridized carbons (Fsp3) is 0.643. The van der Waals surface area contributed by atoms with Crippen LogP contribution in [0.1, 0.15) is 38.4 Å². The molecule has 0 amide bonds. The van der Waals surface area contributed by atoms with Crippen LogP contribution in [0, 0.1) is 0 Å². The molecule has 1 fully saturated rings. The number of piperazine rings is 1. The molecule has 2 aromatic rings. The molecule has 0 saturated carbocycles. The van der Waals surface area contributed by atoms with Gasteiger partial charge in [-0.2, -0.15) is 4.98 Å². The second kappa shape index (κ2) is 6.11. The Morgan fingerprint density at radius 3 is 2.90 bits per heavy atom. The Balaban J connectivity index is 1.59. The lowest BCUT2D eigenvalue weighted by molar-refractivity contribution is 0.213. The average molecular weight is 307 g/mol. The third kappa shape index (κ3) is 3.24. The Kier molecular flexibility index (Phi) is 4.21. The first kappa shape index (κ1) is 14.5. The van der Waals surface area contributed by atoms with Gasteiger partial charge in [-0.3, -0.25) is 4.90 Å². The van der Waals surface area contributed by atoms with E-state index in [1.54, 1.807) is 11.3 Å². The molecular formula is C14H21N5OS. The van der Waals surface area contributed by atoms with Gasteiger partial charge in [-0.15, -0.1) is 11.3 Å². The highest BCUT2D eigenvalue weighted by Gasteiger charge is 2.26. The molecule has 1 atom stereocenters. The summed E-state index contributed by atoms with van der Waals surface area (Å²) in [7, 11) is 0. The van der Waals surface area contributed by atoms with Crippen LogP contribution in [-0.4, -0.2) is 45.7 Å². The molecule has 1 aliphatic rings. The molecule has 6 nitrogen and oxygen atoms in total. The summed E-state index contributed by atoms with van der Waals surface area (Å²) in [5, 5.41) is 7.22. The number of thiazole rings is 1. The number of hydrogen-bond donors (Lipinski definition) is 0. The van der Waals surface area contributed by atoms with Crippen LogP contribution in [0.4, 0.5) is 5.13 Å². The maximum absolute atomic E-state index is 5.27. The standard InChI is InChI=1S/C14H21N5OS/c1-10(2)13-16-12(17-20-13)9-18-5-6-19(11(3)8-18)14-15-4-7-21-14/h4,7,10-11H,5-6,8-9H2,1-3H3/t11-/m1/s1. The number of nitrogens with zero attached hydrogens (tertiary/aromatic N) is 5. The van der Waals surface area contributed by atoms with Gasteiger partial charge >= 0.3 is 0 Å². The van der Waals surface area contributed by atoms with Crippen LogP contribution in [-0.2, 0) is 6.54 Å². The zero-order chi connectivity index (χ0) is 14.8. The first-order valence-corrected chi connectivity index (χ1v) is 8.22. The van der Waals surface area contributed by atoms with Gasteiger partial charge in [0, 0.05) is 43.2 Å². The van der Waals surface area contributed by atoms with Gasteiger partial charge in [0.2, 0.25) is 5.89 Å². The van der Waals surface area contributed by atoms with Crippen molar-refractivity contribution in [3.63, 3.8) is 0 Å². The van der Waals surface area contributed by atoms with E-state index in [0.29, 0.717) is 6.04 Å². The van der Waals surface area contributed by atoms with E-state index in [-0.39, 0.29) is 5.92 Å². The Labute approximate surface area is 128 Å². The molecule has 2 aromatic heterocycles. The van der Waals surface area contributed by atoms with Crippen molar-refractivity contribution in [2.75, 3.05) is 24.5 Å². The number of rotatable bonds is 4. The minimum atomic E-state index is 0.284. The molecule has 21 heavy (non-hydrogen) atoms. The maximum Gasteiger partial charge on any atom is 0.229 e. The smallest absolute Gasteiger partial charge is 0.229 e. The van der Waals surface area contributed by atoms with Crippen molar-refractivity contribution < 1.29 is 4.52 Å². The lowest BCUT2D eigenvalue weighted by Crippen LogP contribution is -2.51. The maximum atomic E-state index is 5.27. The van der Waals surface area contributed by atoms with Gasteiger partial charge in [0.05, 0.1) is 6.54 Å². The lowest BCUT2D eigenvalue weighted by Gasteiger charge is -2.39. The van der Waals surface area contributed by atoms with Crippen molar-refractivity contribution in [3.05, 3.63) is 23.3 Å². The Bertz CT molecular complexity index is 568. The number of anilines is 1. The predicted molar refractivity (Wildman–Crippen MR) is 82.6 cm³/mol. The van der Waals surface area contributed by atoms with Crippen LogP contribution in [0.25, 0.3) is 0 Å². The van der Waals surface area contributed by atoms with Gasteiger partial charge in [0.25, 0.3) is 0 Å². The Morgan fingerprint density at radius 2 is 2.29 bits per heavy atom. The molecule has 1 saturated heterocycles. The molecule has 0 aromatic carbocycles. The van der Waals surface area contributed by atoms with Crippen LogP contribution >= 0.6 is 11.3 Å². The minimum Gasteiger partial charge on any atom is -0.343 e. The van der Waals surface area contributed by atoms with Gasteiger partial charge in [-0.05, 0) is 6.92 Å². The van der Waals surface area contributed by atoms with Crippen molar-refractivity contribution in [1.29, 1.82) is 0 Å². The van der Waals surface area contributed by atoms with E-state index in [1.807, 2.05) is 11.6 Å². The summed E-state index contributed by atoms with van der Waals surface area (Å²) in [5.74, 6) is 1.79. The highest BCUT2D eigenvalue weighted by Crippen LogP contribution is 2.23. The van der Waals surface area contributed by atoms with Gasteiger partial charge in [-0.25, -0.2) is 4.98 Å². The largest absolute Gasteiger partial charge is 0.343 e. The SMILES string of the molecule is CC(C)c1nc(CN2CCN(c3nccs3)[C@H](C)C2)no1. The predicted octanol–water partition coefficient (Wildman–Crippen LogP) is 2.36. The van der Waals surface area contributed by atoms with E-state index in [4.69, 9.17) is 4.52 Å². The monoisotopic (exact) mass is 307 g/mol. The van der Waals surface area contributed by atoms with Crippen LogP contribution in [0.2, 0.25) is 0 Å². The first-order valence-electron chi connectivity index (χ1n) is 7.34. The highest BCUT2D eigenvalue weighted by atomic mass is 32.1. The topological polar surface area (TPSA) is 58.3 Å². The second-order valence-electron chi connectivity index (χ2n) is 5.80. The molecule has 0 bridgehead atoms. The fourth-order valence-corrected chi connectivity index (χ4v) is 3.36. The second-order valence-corrected chi connectivity index (χ2v) is 6.67. The molecule has 3 rings (SSSR count). The summed E-state index contributed by atoms with van der Waals surface area (Å²) in [6.07, 6.45) is 1.87. The molecule has 1 aliphatic heterocycles. The molecular weight excluding hydrogens is 286 g/mol. The normalized spacial score (nSPS) is 20.4. The minimum absolute atomic E-state index is 0.284. The van der Waals surface area contributed by atoms with E-state index in [9.17, 15) is 0 Å². The van der Waals surface area contributed by atoms with E-state index < -0.39 is 0 Å². The molecule has 114 valence electrons. The quantitative estimate of drug-likeness (QED) is 0.864. The summed E-state index contributed by atoms with van der Waals surface area (Å²) in [5.41, 5.74) is 0. The molecule has 7 heteroatoms. The van der Waals surface area contributed by atoms with E-state index in [1.165, 1.54) is 0 Å². The molecule has 0 N–H and O–H groups in total. The zero-order valence-corrected chi connectivity index (χ0v) is 13.5. The Hall–Kier alpha value is -1.47. The van der Waals surface area contributed by atoms with Crippen molar-refractivity contribution in [3.8, 4) is 0 Å². The highest BCUT2D eigenvalue weighted by molar-refractivity contribution is 7.13. The number of hydrogen-bond acceptors (Lipinski definition) is 7. The molecule has 0 spiro atoms. The van der Waals surface area contributed by atoms with Gasteiger partial charge in [-0.1, -0.05) is 19.0 Å². The summed E-state index contributed by atoms with van der Waals surface area (Å²) in [4.78, 5) is 13.6. The van der Waals surface area contributed by atoms with Crippen molar-refractivity contribution in [1.82, 2.24) is 20.0 Å². The van der Waals surface area contributed by atoms with Gasteiger partial charge in [0.15, 0.2) is 11.0 Å². The third-order valence-electron chi connectivity index (χ3n) is 3.72. The van der Waals surface area contributed by atoms with Crippen molar-refractivity contribution in [2.24, 2.45) is 0 Å². The van der Waals surface area contributed by atoms with E-state index in [2.05, 4.69) is 45.7 Å². The van der Waals surface area contributed by atoms with Crippen LogP contribution in [0.15, 0.2) is 16.1 Å². The third-order valence-corrected chi connectivity index (χ3v) is 4.53. The molecule has 0 aliphatic carbocycles. The first-order chi connectivity index (χ1) is 10.1. The van der Waals surface area contributed by atoms with E-state index >= 15 is 0 Å². The van der Waals surface area contributed by atoms with E-state index in [0.717, 1.165) is 43.0 Å². The summed E-state index contributed by atoms with van der Waals surface area (Å²) < 4.78 is 5.27. The van der Waals surface area contributed by atoms with Crippen molar-refractivity contribution >= 4 is 16.5 Å². The molecule has 0 unspecified atom stereocenters. The zero-order valence-electron chi connectivity index (χ0n) is 12.7. The fourth-order valence-electron chi connectivity index (χ4n) is 2.58. The van der Waals surface area contributed by atoms with Crippen LogP contribution < -0.4 is 4.90 Å².